The average Bonchev–Trinajstić information content (AvgIpc) is 2.18. The molecule has 0 aliphatic heterocycles. The van der Waals surface area contributed by atoms with Crippen molar-refractivity contribution in [1.29, 1.82) is 0 Å². The van der Waals surface area contributed by atoms with E-state index in [4.69, 9.17) is 5.11 Å². The van der Waals surface area contributed by atoms with Crippen LogP contribution in [-0.4, -0.2) is 27.0 Å². The van der Waals surface area contributed by atoms with Crippen molar-refractivity contribution in [1.82, 2.24) is 9.97 Å². The van der Waals surface area contributed by atoms with Crippen LogP contribution in [-0.2, 0) is 9.59 Å². The second kappa shape index (κ2) is 5.69. The van der Waals surface area contributed by atoms with Crippen molar-refractivity contribution in [2.24, 2.45) is 0 Å². The summed E-state index contributed by atoms with van der Waals surface area (Å²) >= 11 is 0. The van der Waals surface area contributed by atoms with Crippen molar-refractivity contribution in [3.05, 3.63) is 18.5 Å². The SMILES string of the molecule is O=C(O)CCCC(=O)Nc1ncccn1. The molecular formula is C9H11N3O3. The summed E-state index contributed by atoms with van der Waals surface area (Å²) in [5.41, 5.74) is 0. The van der Waals surface area contributed by atoms with E-state index in [0.29, 0.717) is 6.42 Å². The summed E-state index contributed by atoms with van der Waals surface area (Å²) in [5, 5.41) is 10.8. The number of carboxylic acids is 1. The highest BCUT2D eigenvalue weighted by molar-refractivity contribution is 5.89. The molecule has 0 aliphatic rings. The van der Waals surface area contributed by atoms with Crippen LogP contribution in [0.3, 0.4) is 0 Å². The number of nitrogens with one attached hydrogen (secondary N) is 1. The van der Waals surface area contributed by atoms with Crippen LogP contribution in [0.2, 0.25) is 0 Å². The number of carboxylic acid groups (broad SMARTS) is 1. The number of anilines is 1. The van der Waals surface area contributed by atoms with E-state index in [1.165, 1.54) is 12.4 Å². The molecule has 1 amide bonds. The van der Waals surface area contributed by atoms with Crippen LogP contribution in [0.1, 0.15) is 19.3 Å². The van der Waals surface area contributed by atoms with Gasteiger partial charge in [0.2, 0.25) is 11.9 Å². The van der Waals surface area contributed by atoms with E-state index < -0.39 is 5.97 Å². The third kappa shape index (κ3) is 4.70. The minimum atomic E-state index is -0.904. The molecule has 1 heterocycles. The van der Waals surface area contributed by atoms with Crippen LogP contribution in [0.15, 0.2) is 18.5 Å². The predicted octanol–water partition coefficient (Wildman–Crippen LogP) is 0.670. The van der Waals surface area contributed by atoms with E-state index in [0.717, 1.165) is 0 Å². The molecular weight excluding hydrogens is 198 g/mol. The minimum Gasteiger partial charge on any atom is -0.481 e. The zero-order valence-corrected chi connectivity index (χ0v) is 8.01. The Morgan fingerprint density at radius 2 is 1.93 bits per heavy atom. The Balaban J connectivity index is 2.28. The van der Waals surface area contributed by atoms with Crippen LogP contribution in [0.4, 0.5) is 5.95 Å². The molecule has 0 atom stereocenters. The summed E-state index contributed by atoms with van der Waals surface area (Å²) in [4.78, 5) is 29.0. The number of carbonyl (C=O) groups is 2. The Bertz CT molecular complexity index is 340. The lowest BCUT2D eigenvalue weighted by molar-refractivity contribution is -0.137. The molecule has 0 aliphatic carbocycles. The molecule has 0 spiro atoms. The molecule has 0 unspecified atom stereocenters. The van der Waals surface area contributed by atoms with E-state index >= 15 is 0 Å². The fourth-order valence-corrected chi connectivity index (χ4v) is 0.951. The standard InChI is InChI=1S/C9H11N3O3/c13-7(3-1-4-8(14)15)12-9-10-5-2-6-11-9/h2,5-6H,1,3-4H2,(H,14,15)(H,10,11,12,13). The monoisotopic (exact) mass is 209 g/mol. The van der Waals surface area contributed by atoms with Gasteiger partial charge in [0.25, 0.3) is 0 Å². The lowest BCUT2D eigenvalue weighted by atomic mass is 10.2. The van der Waals surface area contributed by atoms with E-state index in [2.05, 4.69) is 15.3 Å². The Labute approximate surface area is 86.4 Å². The van der Waals surface area contributed by atoms with Gasteiger partial charge in [-0.05, 0) is 12.5 Å². The summed E-state index contributed by atoms with van der Waals surface area (Å²) in [6, 6.07) is 1.64. The highest BCUT2D eigenvalue weighted by Crippen LogP contribution is 1.99. The molecule has 2 N–H and O–H groups in total. The number of aromatic nitrogens is 2. The lowest BCUT2D eigenvalue weighted by Gasteiger charge is -2.01. The van der Waals surface area contributed by atoms with Crippen LogP contribution in [0.5, 0.6) is 0 Å². The summed E-state index contributed by atoms with van der Waals surface area (Å²) < 4.78 is 0. The maximum Gasteiger partial charge on any atom is 0.303 e. The normalized spacial score (nSPS) is 9.60. The number of hydrogen-bond donors (Lipinski definition) is 2. The van der Waals surface area contributed by atoms with Gasteiger partial charge >= 0.3 is 5.97 Å². The zero-order valence-electron chi connectivity index (χ0n) is 8.01. The first-order valence-electron chi connectivity index (χ1n) is 4.47. The molecule has 6 nitrogen and oxygen atoms in total. The van der Waals surface area contributed by atoms with E-state index in [-0.39, 0.29) is 24.7 Å². The van der Waals surface area contributed by atoms with Gasteiger partial charge in [0.05, 0.1) is 0 Å². The maximum absolute atomic E-state index is 11.2. The largest absolute Gasteiger partial charge is 0.481 e. The second-order valence-corrected chi connectivity index (χ2v) is 2.87. The molecule has 0 bridgehead atoms. The fourth-order valence-electron chi connectivity index (χ4n) is 0.951. The molecule has 1 aromatic rings. The third-order valence-corrected chi connectivity index (χ3v) is 1.61. The molecule has 1 rings (SSSR count). The fraction of sp³-hybridized carbons (Fsp3) is 0.333. The van der Waals surface area contributed by atoms with Crippen LogP contribution in [0, 0.1) is 0 Å². The van der Waals surface area contributed by atoms with Crippen molar-refractivity contribution in [2.75, 3.05) is 5.32 Å². The predicted molar refractivity (Wildman–Crippen MR) is 52.1 cm³/mol. The van der Waals surface area contributed by atoms with Crippen molar-refractivity contribution in [3.8, 4) is 0 Å². The number of amides is 1. The molecule has 0 saturated heterocycles. The Kier molecular flexibility index (Phi) is 4.21. The second-order valence-electron chi connectivity index (χ2n) is 2.87. The van der Waals surface area contributed by atoms with E-state index in [9.17, 15) is 9.59 Å². The molecule has 6 heteroatoms. The first-order valence-corrected chi connectivity index (χ1v) is 4.47. The Morgan fingerprint density at radius 3 is 2.53 bits per heavy atom. The Morgan fingerprint density at radius 1 is 1.27 bits per heavy atom. The van der Waals surface area contributed by atoms with E-state index in [1.807, 2.05) is 0 Å². The highest BCUT2D eigenvalue weighted by Gasteiger charge is 2.05. The zero-order chi connectivity index (χ0) is 11.1. The van der Waals surface area contributed by atoms with Crippen molar-refractivity contribution >= 4 is 17.8 Å². The first kappa shape index (κ1) is 11.1. The topological polar surface area (TPSA) is 92.2 Å². The average molecular weight is 209 g/mol. The van der Waals surface area contributed by atoms with Crippen LogP contribution < -0.4 is 5.32 Å². The summed E-state index contributed by atoms with van der Waals surface area (Å²) in [6.07, 6.45) is 3.49. The molecule has 80 valence electrons. The van der Waals surface area contributed by atoms with Gasteiger partial charge in [0.15, 0.2) is 0 Å². The van der Waals surface area contributed by atoms with Gasteiger partial charge in [-0.1, -0.05) is 0 Å². The number of hydrogen-bond acceptors (Lipinski definition) is 4. The molecule has 0 aromatic carbocycles. The van der Waals surface area contributed by atoms with Gasteiger partial charge in [-0.3, -0.25) is 14.9 Å². The van der Waals surface area contributed by atoms with Gasteiger partial charge in [-0.2, -0.15) is 0 Å². The van der Waals surface area contributed by atoms with Crippen molar-refractivity contribution < 1.29 is 14.7 Å². The summed E-state index contributed by atoms with van der Waals surface area (Å²) in [7, 11) is 0. The molecule has 0 radical (unpaired) electrons. The van der Waals surface area contributed by atoms with Crippen molar-refractivity contribution in [3.63, 3.8) is 0 Å². The number of aliphatic carboxylic acids is 1. The molecule has 0 fully saturated rings. The molecule has 1 aromatic heterocycles. The van der Waals surface area contributed by atoms with Gasteiger partial charge < -0.3 is 5.11 Å². The smallest absolute Gasteiger partial charge is 0.303 e. The summed E-state index contributed by atoms with van der Waals surface area (Å²) in [6.45, 7) is 0. The molecule has 15 heavy (non-hydrogen) atoms. The lowest BCUT2D eigenvalue weighted by Crippen LogP contribution is -2.13. The van der Waals surface area contributed by atoms with Crippen LogP contribution in [0.25, 0.3) is 0 Å². The summed E-state index contributed by atoms with van der Waals surface area (Å²) in [5.74, 6) is -0.945. The van der Waals surface area contributed by atoms with Crippen LogP contribution >= 0.6 is 0 Å². The Hall–Kier alpha value is -1.98. The van der Waals surface area contributed by atoms with Gasteiger partial charge in [-0.25, -0.2) is 9.97 Å². The number of nitrogens with zero attached hydrogens (tertiary/aromatic N) is 2. The van der Waals surface area contributed by atoms with Gasteiger partial charge in [0.1, 0.15) is 0 Å². The van der Waals surface area contributed by atoms with Crippen molar-refractivity contribution in [2.45, 2.75) is 19.3 Å². The molecule has 0 saturated carbocycles. The number of carbonyl (C=O) groups excluding carboxylic acids is 1. The van der Waals surface area contributed by atoms with Gasteiger partial charge in [-0.15, -0.1) is 0 Å². The minimum absolute atomic E-state index is 0.0108. The number of rotatable bonds is 5. The maximum atomic E-state index is 11.2. The van der Waals surface area contributed by atoms with E-state index in [1.54, 1.807) is 6.07 Å². The van der Waals surface area contributed by atoms with Gasteiger partial charge in [0, 0.05) is 25.2 Å². The highest BCUT2D eigenvalue weighted by atomic mass is 16.4. The third-order valence-electron chi connectivity index (χ3n) is 1.61. The first-order chi connectivity index (χ1) is 7.18. The quantitative estimate of drug-likeness (QED) is 0.743.